The Bertz CT molecular complexity index is 1270. The second kappa shape index (κ2) is 12.0. The number of hydrogen-bond acceptors (Lipinski definition) is 6. The second-order valence-corrected chi connectivity index (χ2v) is 11.5. The lowest BCUT2D eigenvalue weighted by molar-refractivity contribution is -0.139. The maximum Gasteiger partial charge on any atom is 0.422 e. The molecule has 226 valence electrons. The number of hydrogen-bond donors (Lipinski definition) is 1. The molecular formula is C28H36F6N6O. The number of allylic oxidation sites excluding steroid dienone is 1. The molecule has 3 heterocycles. The van der Waals surface area contributed by atoms with Crippen molar-refractivity contribution in [2.45, 2.75) is 71.1 Å². The van der Waals surface area contributed by atoms with Crippen molar-refractivity contribution < 1.29 is 26.3 Å². The highest BCUT2D eigenvalue weighted by molar-refractivity contribution is 5.37. The van der Waals surface area contributed by atoms with Gasteiger partial charge in [-0.05, 0) is 42.6 Å². The first-order valence-corrected chi connectivity index (χ1v) is 13.9. The predicted molar refractivity (Wildman–Crippen MR) is 142 cm³/mol. The molecule has 0 spiro atoms. The van der Waals surface area contributed by atoms with E-state index in [9.17, 15) is 31.1 Å². The Morgan fingerprint density at radius 3 is 2.24 bits per heavy atom. The summed E-state index contributed by atoms with van der Waals surface area (Å²) in [5, 5.41) is 6.09. The first-order valence-electron chi connectivity index (χ1n) is 13.9. The molecule has 1 aliphatic heterocycles. The normalized spacial score (nSPS) is 20.1. The summed E-state index contributed by atoms with van der Waals surface area (Å²) >= 11 is 0. The number of halogens is 6. The minimum Gasteiger partial charge on any atom is -0.372 e. The van der Waals surface area contributed by atoms with E-state index in [0.29, 0.717) is 44.2 Å². The van der Waals surface area contributed by atoms with Crippen LogP contribution in [0.25, 0.3) is 0 Å². The molecule has 1 N–H and O–H groups in total. The van der Waals surface area contributed by atoms with Crippen LogP contribution in [0.3, 0.4) is 0 Å². The van der Waals surface area contributed by atoms with Crippen molar-refractivity contribution in [1.29, 1.82) is 0 Å². The molecule has 41 heavy (non-hydrogen) atoms. The van der Waals surface area contributed by atoms with Gasteiger partial charge in [-0.3, -0.25) is 4.79 Å². The molecule has 0 amide bonds. The Morgan fingerprint density at radius 1 is 1.02 bits per heavy atom. The maximum atomic E-state index is 13.5. The third kappa shape index (κ3) is 7.03. The van der Waals surface area contributed by atoms with E-state index in [4.69, 9.17) is 0 Å². The van der Waals surface area contributed by atoms with Gasteiger partial charge in [-0.25, -0.2) is 15.1 Å². The van der Waals surface area contributed by atoms with Crippen molar-refractivity contribution in [2.24, 2.45) is 17.8 Å². The number of aromatic amines is 1. The molecule has 13 heteroatoms. The van der Waals surface area contributed by atoms with E-state index in [1.54, 1.807) is 0 Å². The minimum atomic E-state index is -4.70. The van der Waals surface area contributed by atoms with Crippen LogP contribution in [0.15, 0.2) is 29.5 Å². The lowest BCUT2D eigenvalue weighted by atomic mass is 9.79. The van der Waals surface area contributed by atoms with Crippen molar-refractivity contribution >= 4 is 5.95 Å². The zero-order valence-electron chi connectivity index (χ0n) is 23.4. The standard InChI is InChI=1S/C28H36F6N6O/c1-16(13-18(3)39-9-11-40(12-10-39)26-35-14-20(15-36-26)27(29,30)31)5-6-17(2)19(4)21-7-8-22-23(28(32,33)34)25(41)38-37-24(21)22/h14-17,19,21H,3,5-13H2,1-2,4H3,(H,38,41). The summed E-state index contributed by atoms with van der Waals surface area (Å²) in [5.41, 5.74) is -1.74. The summed E-state index contributed by atoms with van der Waals surface area (Å²) in [6, 6.07) is 0. The zero-order valence-corrected chi connectivity index (χ0v) is 23.4. The molecule has 4 unspecified atom stereocenters. The summed E-state index contributed by atoms with van der Waals surface area (Å²) in [7, 11) is 0. The predicted octanol–water partition coefficient (Wildman–Crippen LogP) is 6.04. The zero-order chi connectivity index (χ0) is 30.1. The molecule has 1 saturated heterocycles. The fourth-order valence-corrected chi connectivity index (χ4v) is 6.00. The lowest BCUT2D eigenvalue weighted by Gasteiger charge is -2.37. The average molecular weight is 587 g/mol. The topological polar surface area (TPSA) is 78.0 Å². The van der Waals surface area contributed by atoms with Gasteiger partial charge in [0, 0.05) is 50.2 Å². The van der Waals surface area contributed by atoms with E-state index in [2.05, 4.69) is 45.5 Å². The van der Waals surface area contributed by atoms with E-state index in [1.807, 2.05) is 11.8 Å². The number of nitrogens with one attached hydrogen (secondary N) is 1. The fourth-order valence-electron chi connectivity index (χ4n) is 6.00. The third-order valence-electron chi connectivity index (χ3n) is 8.66. The van der Waals surface area contributed by atoms with Gasteiger partial charge in [0.15, 0.2) is 0 Å². The molecule has 1 fully saturated rings. The van der Waals surface area contributed by atoms with Crippen LogP contribution in [-0.2, 0) is 18.8 Å². The number of alkyl halides is 6. The molecule has 2 aromatic heterocycles. The van der Waals surface area contributed by atoms with Gasteiger partial charge in [0.1, 0.15) is 5.56 Å². The number of piperazine rings is 1. The number of rotatable bonds is 9. The summed E-state index contributed by atoms with van der Waals surface area (Å²) < 4.78 is 78.8. The van der Waals surface area contributed by atoms with E-state index in [0.717, 1.165) is 37.4 Å². The second-order valence-electron chi connectivity index (χ2n) is 11.5. The van der Waals surface area contributed by atoms with E-state index in [-0.39, 0.29) is 35.7 Å². The molecule has 4 rings (SSSR count). The number of H-pyrrole nitrogens is 1. The Kier molecular flexibility index (Phi) is 9.03. The van der Waals surface area contributed by atoms with Crippen LogP contribution in [0.2, 0.25) is 0 Å². The number of anilines is 1. The summed E-state index contributed by atoms with van der Waals surface area (Å²) in [5.74, 6) is 0.841. The van der Waals surface area contributed by atoms with Crippen LogP contribution in [0.5, 0.6) is 0 Å². The van der Waals surface area contributed by atoms with Crippen molar-refractivity contribution in [3.8, 4) is 0 Å². The minimum absolute atomic E-state index is 0.0416. The van der Waals surface area contributed by atoms with Gasteiger partial charge >= 0.3 is 12.4 Å². The summed E-state index contributed by atoms with van der Waals surface area (Å²) in [6.07, 6.45) is -4.19. The lowest BCUT2D eigenvalue weighted by Crippen LogP contribution is -2.46. The summed E-state index contributed by atoms with van der Waals surface area (Å²) in [6.45, 7) is 13.1. The van der Waals surface area contributed by atoms with E-state index >= 15 is 0 Å². The van der Waals surface area contributed by atoms with Gasteiger partial charge in [0.05, 0.1) is 11.3 Å². The molecule has 2 aromatic rings. The highest BCUT2D eigenvalue weighted by Gasteiger charge is 2.42. The Balaban J connectivity index is 1.24. The van der Waals surface area contributed by atoms with Crippen molar-refractivity contribution in [2.75, 3.05) is 31.1 Å². The van der Waals surface area contributed by atoms with Gasteiger partial charge in [-0.2, -0.15) is 31.4 Å². The Morgan fingerprint density at radius 2 is 1.66 bits per heavy atom. The monoisotopic (exact) mass is 586 g/mol. The third-order valence-corrected chi connectivity index (χ3v) is 8.66. The largest absolute Gasteiger partial charge is 0.422 e. The van der Waals surface area contributed by atoms with Crippen LogP contribution in [0.4, 0.5) is 32.3 Å². The fraction of sp³-hybridized carbons (Fsp3) is 0.643. The highest BCUT2D eigenvalue weighted by Crippen LogP contribution is 2.44. The van der Waals surface area contributed by atoms with Crippen LogP contribution < -0.4 is 10.5 Å². The molecule has 0 aromatic carbocycles. The van der Waals surface area contributed by atoms with Crippen LogP contribution in [-0.4, -0.2) is 51.2 Å². The quantitative estimate of drug-likeness (QED) is 0.361. The SMILES string of the molecule is C=C(CC(C)CCC(C)C(C)C1CCc2c1n[nH]c(=O)c2C(F)(F)F)N1CCN(c2ncc(C(F)(F)F)cn2)CC1. The molecule has 2 aliphatic rings. The van der Waals surface area contributed by atoms with Gasteiger partial charge in [-0.15, -0.1) is 0 Å². The number of fused-ring (bicyclic) bond motifs is 1. The molecule has 0 radical (unpaired) electrons. The Hall–Kier alpha value is -3.12. The van der Waals surface area contributed by atoms with E-state index < -0.39 is 29.0 Å². The first kappa shape index (κ1) is 30.8. The van der Waals surface area contributed by atoms with Crippen molar-refractivity contribution in [1.82, 2.24) is 25.1 Å². The highest BCUT2D eigenvalue weighted by atomic mass is 19.4. The van der Waals surface area contributed by atoms with Crippen LogP contribution in [0, 0.1) is 17.8 Å². The molecule has 0 bridgehead atoms. The maximum absolute atomic E-state index is 13.5. The molecule has 0 saturated carbocycles. The number of aromatic nitrogens is 4. The first-order chi connectivity index (χ1) is 19.2. The molecule has 4 atom stereocenters. The molecular weight excluding hydrogens is 550 g/mol. The molecule has 7 nitrogen and oxygen atoms in total. The van der Waals surface area contributed by atoms with E-state index in [1.165, 1.54) is 0 Å². The van der Waals surface area contributed by atoms with Crippen molar-refractivity contribution in [3.63, 3.8) is 0 Å². The van der Waals surface area contributed by atoms with Crippen molar-refractivity contribution in [3.05, 3.63) is 57.4 Å². The number of nitrogens with zero attached hydrogens (tertiary/aromatic N) is 5. The van der Waals surface area contributed by atoms with Gasteiger partial charge in [0.2, 0.25) is 5.95 Å². The van der Waals surface area contributed by atoms with Gasteiger partial charge in [0.25, 0.3) is 5.56 Å². The van der Waals surface area contributed by atoms with Crippen LogP contribution in [0.1, 0.15) is 74.8 Å². The average Bonchev–Trinajstić information content (AvgIpc) is 3.33. The Labute approximate surface area is 235 Å². The smallest absolute Gasteiger partial charge is 0.372 e. The van der Waals surface area contributed by atoms with Gasteiger partial charge < -0.3 is 9.80 Å². The summed E-state index contributed by atoms with van der Waals surface area (Å²) in [4.78, 5) is 23.7. The van der Waals surface area contributed by atoms with Gasteiger partial charge in [-0.1, -0.05) is 40.2 Å². The van der Waals surface area contributed by atoms with Crippen LogP contribution >= 0.6 is 0 Å². The molecule has 1 aliphatic carbocycles.